The van der Waals surface area contributed by atoms with Gasteiger partial charge < -0.3 is 0 Å². The van der Waals surface area contributed by atoms with Crippen LogP contribution < -0.4 is 11.1 Å². The molecule has 0 saturated heterocycles. The Kier molecular flexibility index (Phi) is 5.08. The molecular weight excluding hydrogens is 399 g/mol. The van der Waals surface area contributed by atoms with Crippen LogP contribution >= 0.6 is 0 Å². The molecule has 0 aliphatic carbocycles. The number of rotatable bonds is 5. The van der Waals surface area contributed by atoms with Crippen molar-refractivity contribution < 1.29 is 0 Å². The van der Waals surface area contributed by atoms with E-state index in [1.807, 2.05) is 31.3 Å². The molecule has 4 rings (SSSR count). The molecule has 0 amide bonds. The Morgan fingerprint density at radius 1 is 1.07 bits per heavy atom. The van der Waals surface area contributed by atoms with Gasteiger partial charge in [0.05, 0.1) is 0 Å². The summed E-state index contributed by atoms with van der Waals surface area (Å²) in [6.07, 6.45) is 0. The van der Waals surface area contributed by atoms with Gasteiger partial charge in [-0.1, -0.05) is 0 Å². The molecule has 0 aliphatic rings. The van der Waals surface area contributed by atoms with Gasteiger partial charge in [0.15, 0.2) is 0 Å². The Morgan fingerprint density at radius 2 is 1.85 bits per heavy atom. The SMILES string of the molecule is CNCc1ccccc1-c1c[se]c(C(C)c2nc(N)c3ccccc3n2)c1. The molecule has 1 unspecified atom stereocenters. The van der Waals surface area contributed by atoms with Gasteiger partial charge >= 0.3 is 165 Å². The predicted molar refractivity (Wildman–Crippen MR) is 113 cm³/mol. The average Bonchev–Trinajstić information content (AvgIpc) is 3.18. The summed E-state index contributed by atoms with van der Waals surface area (Å²) in [6, 6.07) is 18.8. The third-order valence-corrected chi connectivity index (χ3v) is 7.12. The van der Waals surface area contributed by atoms with Crippen molar-refractivity contribution in [3.05, 3.63) is 75.4 Å². The maximum absolute atomic E-state index is 6.18. The van der Waals surface area contributed by atoms with Crippen molar-refractivity contribution in [1.29, 1.82) is 0 Å². The van der Waals surface area contributed by atoms with E-state index in [4.69, 9.17) is 10.7 Å². The van der Waals surface area contributed by atoms with Crippen molar-refractivity contribution in [3.63, 3.8) is 0 Å². The first-order valence-electron chi connectivity index (χ1n) is 9.01. The van der Waals surface area contributed by atoms with E-state index in [-0.39, 0.29) is 5.92 Å². The van der Waals surface area contributed by atoms with Gasteiger partial charge in [0.25, 0.3) is 0 Å². The van der Waals surface area contributed by atoms with Crippen molar-refractivity contribution in [2.75, 3.05) is 12.8 Å². The van der Waals surface area contributed by atoms with Crippen LogP contribution in [0.1, 0.15) is 28.7 Å². The van der Waals surface area contributed by atoms with Crippen molar-refractivity contribution in [1.82, 2.24) is 15.3 Å². The molecule has 0 fully saturated rings. The van der Waals surface area contributed by atoms with Crippen LogP contribution in [0.3, 0.4) is 0 Å². The van der Waals surface area contributed by atoms with E-state index in [0.717, 1.165) is 23.3 Å². The van der Waals surface area contributed by atoms with Crippen molar-refractivity contribution in [3.8, 4) is 11.1 Å². The van der Waals surface area contributed by atoms with E-state index >= 15 is 0 Å². The van der Waals surface area contributed by atoms with E-state index in [1.54, 1.807) is 0 Å². The minimum absolute atomic E-state index is 0.155. The van der Waals surface area contributed by atoms with Crippen molar-refractivity contribution in [2.24, 2.45) is 0 Å². The zero-order valence-corrected chi connectivity index (χ0v) is 17.2. The number of hydrogen-bond acceptors (Lipinski definition) is 4. The van der Waals surface area contributed by atoms with E-state index in [2.05, 4.69) is 52.5 Å². The molecule has 27 heavy (non-hydrogen) atoms. The number of nitrogen functional groups attached to an aromatic ring is 1. The number of para-hydroxylation sites is 1. The van der Waals surface area contributed by atoms with Crippen molar-refractivity contribution in [2.45, 2.75) is 19.4 Å². The number of nitrogens with one attached hydrogen (secondary N) is 1. The van der Waals surface area contributed by atoms with E-state index in [1.165, 1.54) is 21.1 Å². The first-order valence-corrected chi connectivity index (χ1v) is 10.9. The topological polar surface area (TPSA) is 63.8 Å². The molecule has 0 aliphatic heterocycles. The summed E-state index contributed by atoms with van der Waals surface area (Å²) >= 11 is 0.297. The first-order chi connectivity index (χ1) is 13.2. The molecule has 2 aromatic heterocycles. The van der Waals surface area contributed by atoms with Crippen LogP contribution in [0.15, 0.2) is 59.5 Å². The summed E-state index contributed by atoms with van der Waals surface area (Å²) in [4.78, 5) is 11.7. The van der Waals surface area contributed by atoms with Gasteiger partial charge in [0, 0.05) is 0 Å². The number of fused-ring (bicyclic) bond motifs is 1. The van der Waals surface area contributed by atoms with Gasteiger partial charge in [-0.15, -0.1) is 0 Å². The van der Waals surface area contributed by atoms with Crippen LogP contribution in [0, 0.1) is 0 Å². The van der Waals surface area contributed by atoms with Gasteiger partial charge in [-0.25, -0.2) is 0 Å². The van der Waals surface area contributed by atoms with Gasteiger partial charge in [-0.2, -0.15) is 0 Å². The minimum atomic E-state index is 0.155. The number of hydrogen-bond donors (Lipinski definition) is 2. The van der Waals surface area contributed by atoms with Gasteiger partial charge in [0.1, 0.15) is 0 Å². The molecule has 0 saturated carbocycles. The average molecular weight is 421 g/mol. The zero-order chi connectivity index (χ0) is 18.8. The normalized spacial score (nSPS) is 12.4. The molecule has 2 aromatic carbocycles. The zero-order valence-electron chi connectivity index (χ0n) is 15.4. The molecule has 0 radical (unpaired) electrons. The fraction of sp³-hybridized carbons (Fsp3) is 0.182. The quantitative estimate of drug-likeness (QED) is 0.481. The monoisotopic (exact) mass is 422 g/mol. The number of nitrogens with zero attached hydrogens (tertiary/aromatic N) is 2. The summed E-state index contributed by atoms with van der Waals surface area (Å²) in [6.45, 7) is 3.04. The first kappa shape index (κ1) is 17.9. The summed E-state index contributed by atoms with van der Waals surface area (Å²) < 4.78 is 1.38. The number of benzene rings is 2. The summed E-state index contributed by atoms with van der Waals surface area (Å²) in [5.74, 6) is 1.51. The third-order valence-electron chi connectivity index (χ3n) is 4.78. The van der Waals surface area contributed by atoms with Crippen LogP contribution in [0.2, 0.25) is 0 Å². The summed E-state index contributed by atoms with van der Waals surface area (Å²) in [5.41, 5.74) is 11.0. The van der Waals surface area contributed by atoms with E-state index < -0.39 is 0 Å². The fourth-order valence-electron chi connectivity index (χ4n) is 3.31. The second-order valence-electron chi connectivity index (χ2n) is 6.63. The predicted octanol–water partition coefficient (Wildman–Crippen LogP) is 3.81. The Bertz CT molecular complexity index is 1090. The van der Waals surface area contributed by atoms with Gasteiger partial charge in [-0.05, 0) is 0 Å². The Hall–Kier alpha value is -2.46. The Morgan fingerprint density at radius 3 is 2.70 bits per heavy atom. The molecule has 136 valence electrons. The number of aromatic nitrogens is 2. The number of nitrogens with two attached hydrogens (primary N) is 1. The van der Waals surface area contributed by atoms with Gasteiger partial charge in [0.2, 0.25) is 0 Å². The molecule has 4 aromatic rings. The molecule has 1 atom stereocenters. The second-order valence-corrected chi connectivity index (χ2v) is 8.61. The van der Waals surface area contributed by atoms with E-state index in [0.29, 0.717) is 20.3 Å². The maximum atomic E-state index is 6.18. The number of anilines is 1. The van der Waals surface area contributed by atoms with Crippen LogP contribution in [0.25, 0.3) is 22.0 Å². The van der Waals surface area contributed by atoms with Crippen LogP contribution in [0.4, 0.5) is 5.82 Å². The molecule has 0 spiro atoms. The Balaban J connectivity index is 1.70. The molecule has 4 nitrogen and oxygen atoms in total. The third kappa shape index (κ3) is 3.54. The van der Waals surface area contributed by atoms with Crippen LogP contribution in [-0.2, 0) is 6.54 Å². The molecule has 5 heteroatoms. The van der Waals surface area contributed by atoms with E-state index in [9.17, 15) is 0 Å². The van der Waals surface area contributed by atoms with Crippen molar-refractivity contribution >= 4 is 31.2 Å². The molecule has 3 N–H and O–H groups in total. The summed E-state index contributed by atoms with van der Waals surface area (Å²) in [5, 5.41) is 4.17. The second kappa shape index (κ2) is 7.65. The molecule has 0 bridgehead atoms. The van der Waals surface area contributed by atoms with Crippen LogP contribution in [-0.4, -0.2) is 31.5 Å². The van der Waals surface area contributed by atoms with Gasteiger partial charge in [-0.3, -0.25) is 0 Å². The van der Waals surface area contributed by atoms with Crippen LogP contribution in [0.5, 0.6) is 0 Å². The standard InChI is InChI=1S/C22H22N4Se/c1-14(22-25-19-10-6-5-9-18(19)21(23)26-22)20-11-16(13-27-20)17-8-4-3-7-15(17)12-24-2/h3-11,13-14,24H,12H2,1-2H3,(H2,23,25,26). The molecular formula is C22H22N4Se. The molecule has 2 heterocycles. The summed E-state index contributed by atoms with van der Waals surface area (Å²) in [7, 11) is 1.98. The Labute approximate surface area is 165 Å². The fourth-order valence-corrected chi connectivity index (χ4v) is 5.33.